The Morgan fingerprint density at radius 1 is 1.48 bits per heavy atom. The predicted molar refractivity (Wildman–Crippen MR) is 81.9 cm³/mol. The Kier molecular flexibility index (Phi) is 4.52. The van der Waals surface area contributed by atoms with Gasteiger partial charge >= 0.3 is 6.09 Å². The average Bonchev–Trinajstić information content (AvgIpc) is 2.86. The number of nitrogens with zero attached hydrogens (tertiary/aromatic N) is 2. The Hall–Kier alpha value is -1.62. The molecule has 1 aromatic heterocycles. The maximum Gasteiger partial charge on any atom is 0.410 e. The molecule has 0 saturated carbocycles. The Balaban J connectivity index is 2.10. The van der Waals surface area contributed by atoms with Crippen LogP contribution in [0, 0.1) is 6.92 Å². The van der Waals surface area contributed by atoms with E-state index in [4.69, 9.17) is 10.5 Å². The molecule has 1 aromatic rings. The van der Waals surface area contributed by atoms with E-state index in [2.05, 4.69) is 4.98 Å². The maximum atomic E-state index is 12.3. The summed E-state index contributed by atoms with van der Waals surface area (Å²) in [6.45, 7) is 8.30. The molecule has 0 aromatic carbocycles. The first-order valence-electron chi connectivity index (χ1n) is 7.46. The van der Waals surface area contributed by atoms with Crippen LogP contribution in [0.5, 0.6) is 0 Å². The number of aryl methyl sites for hydroxylation is 1. The second-order valence-electron chi connectivity index (χ2n) is 6.67. The van der Waals surface area contributed by atoms with Crippen molar-refractivity contribution in [2.24, 2.45) is 5.73 Å². The lowest BCUT2D eigenvalue weighted by atomic mass is 10.0. The van der Waals surface area contributed by atoms with Crippen LogP contribution in [0.2, 0.25) is 0 Å². The van der Waals surface area contributed by atoms with Crippen LogP contribution in [0.1, 0.15) is 50.9 Å². The molecular weight excluding hydrogens is 266 g/mol. The molecular formula is C16H25N3O2. The fourth-order valence-electron chi connectivity index (χ4n) is 2.59. The van der Waals surface area contributed by atoms with Gasteiger partial charge < -0.3 is 15.4 Å². The third kappa shape index (κ3) is 3.94. The average molecular weight is 291 g/mol. The van der Waals surface area contributed by atoms with E-state index >= 15 is 0 Å². The molecule has 0 spiro atoms. The number of carbonyl (C=O) groups excluding carboxylic acids is 1. The number of hydrogen-bond acceptors (Lipinski definition) is 4. The first kappa shape index (κ1) is 15.8. The predicted octanol–water partition coefficient (Wildman–Crippen LogP) is 2.79. The molecule has 0 aliphatic carbocycles. The highest BCUT2D eigenvalue weighted by Gasteiger charge is 2.36. The number of likely N-dealkylation sites (tertiary alicyclic amines) is 1. The monoisotopic (exact) mass is 291 g/mol. The number of amides is 1. The van der Waals surface area contributed by atoms with Crippen molar-refractivity contribution in [1.82, 2.24) is 9.88 Å². The summed E-state index contributed by atoms with van der Waals surface area (Å²) < 4.78 is 5.47. The second kappa shape index (κ2) is 6.02. The summed E-state index contributed by atoms with van der Waals surface area (Å²) in [7, 11) is 0. The van der Waals surface area contributed by atoms with Gasteiger partial charge in [0, 0.05) is 12.7 Å². The zero-order valence-corrected chi connectivity index (χ0v) is 13.3. The lowest BCUT2D eigenvalue weighted by Crippen LogP contribution is -2.44. The highest BCUT2D eigenvalue weighted by molar-refractivity contribution is 5.69. The smallest absolute Gasteiger partial charge is 0.410 e. The molecule has 2 atom stereocenters. The number of pyridine rings is 1. The molecule has 1 fully saturated rings. The summed E-state index contributed by atoms with van der Waals surface area (Å²) in [6.07, 6.45) is 3.36. The van der Waals surface area contributed by atoms with Crippen molar-refractivity contribution >= 4 is 6.09 Å². The largest absolute Gasteiger partial charge is 0.444 e. The van der Waals surface area contributed by atoms with Gasteiger partial charge in [-0.15, -0.1) is 0 Å². The van der Waals surface area contributed by atoms with Gasteiger partial charge in [-0.1, -0.05) is 6.07 Å². The van der Waals surface area contributed by atoms with E-state index in [9.17, 15) is 4.79 Å². The van der Waals surface area contributed by atoms with Gasteiger partial charge in [0.05, 0.1) is 17.8 Å². The van der Waals surface area contributed by atoms with Crippen LogP contribution >= 0.6 is 0 Å². The first-order valence-corrected chi connectivity index (χ1v) is 7.46. The fourth-order valence-corrected chi connectivity index (χ4v) is 2.59. The van der Waals surface area contributed by atoms with Crippen molar-refractivity contribution in [3.05, 3.63) is 29.6 Å². The van der Waals surface area contributed by atoms with Crippen molar-refractivity contribution in [2.75, 3.05) is 6.54 Å². The van der Waals surface area contributed by atoms with E-state index in [-0.39, 0.29) is 18.2 Å². The van der Waals surface area contributed by atoms with Gasteiger partial charge in [0.25, 0.3) is 0 Å². The normalized spacial score (nSPS) is 20.4. The molecule has 2 rings (SSSR count). The van der Waals surface area contributed by atoms with E-state index < -0.39 is 5.60 Å². The van der Waals surface area contributed by atoms with Gasteiger partial charge in [-0.25, -0.2) is 4.79 Å². The van der Waals surface area contributed by atoms with Crippen LogP contribution in [0.4, 0.5) is 4.79 Å². The molecule has 0 unspecified atom stereocenters. The number of rotatable bonds is 2. The van der Waals surface area contributed by atoms with E-state index in [1.54, 1.807) is 4.90 Å². The maximum absolute atomic E-state index is 12.3. The van der Waals surface area contributed by atoms with Gasteiger partial charge in [0.15, 0.2) is 0 Å². The van der Waals surface area contributed by atoms with E-state index in [1.165, 1.54) is 0 Å². The highest BCUT2D eigenvalue weighted by Crippen LogP contribution is 2.28. The Bertz CT molecular complexity index is 493. The van der Waals surface area contributed by atoms with Crippen LogP contribution in [-0.4, -0.2) is 34.2 Å². The number of hydrogen-bond donors (Lipinski definition) is 1. The molecule has 1 saturated heterocycles. The molecule has 2 N–H and O–H groups in total. The molecule has 0 radical (unpaired) electrons. The third-order valence-corrected chi connectivity index (χ3v) is 3.62. The SMILES string of the molecule is Cc1ccc([C@@H](N)[C@@H]2CCCN2C(=O)OC(C)(C)C)nc1. The van der Waals surface area contributed by atoms with Gasteiger partial charge in [0.1, 0.15) is 5.60 Å². The minimum Gasteiger partial charge on any atom is -0.444 e. The number of carbonyl (C=O) groups is 1. The van der Waals surface area contributed by atoms with Crippen molar-refractivity contribution in [1.29, 1.82) is 0 Å². The summed E-state index contributed by atoms with van der Waals surface area (Å²) in [5, 5.41) is 0. The van der Waals surface area contributed by atoms with Gasteiger partial charge in [-0.05, 0) is 52.2 Å². The van der Waals surface area contributed by atoms with Crippen molar-refractivity contribution < 1.29 is 9.53 Å². The standard InChI is InChI=1S/C16H25N3O2/c1-11-7-8-12(18-10-11)14(17)13-6-5-9-19(13)15(20)21-16(2,3)4/h7-8,10,13-14H,5-6,9,17H2,1-4H3/t13-,14+/m0/s1. The number of ether oxygens (including phenoxy) is 1. The third-order valence-electron chi connectivity index (χ3n) is 3.62. The number of aromatic nitrogens is 1. The van der Waals surface area contributed by atoms with E-state index in [0.717, 1.165) is 24.1 Å². The highest BCUT2D eigenvalue weighted by atomic mass is 16.6. The summed E-state index contributed by atoms with van der Waals surface area (Å²) in [5.41, 5.74) is 7.76. The van der Waals surface area contributed by atoms with Gasteiger partial charge in [0.2, 0.25) is 0 Å². The van der Waals surface area contributed by atoms with Gasteiger partial charge in [-0.2, -0.15) is 0 Å². The molecule has 5 heteroatoms. The number of nitrogens with two attached hydrogens (primary N) is 1. The van der Waals surface area contributed by atoms with Crippen molar-refractivity contribution in [2.45, 2.75) is 58.2 Å². The summed E-state index contributed by atoms with van der Waals surface area (Å²) in [6, 6.07) is 3.61. The van der Waals surface area contributed by atoms with Crippen LogP contribution in [0.15, 0.2) is 18.3 Å². The topological polar surface area (TPSA) is 68.5 Å². The second-order valence-corrected chi connectivity index (χ2v) is 6.67. The van der Waals surface area contributed by atoms with Crippen LogP contribution in [0.3, 0.4) is 0 Å². The quantitative estimate of drug-likeness (QED) is 0.909. The minimum atomic E-state index is -0.490. The van der Waals surface area contributed by atoms with Crippen LogP contribution < -0.4 is 5.73 Å². The molecule has 21 heavy (non-hydrogen) atoms. The summed E-state index contributed by atoms with van der Waals surface area (Å²) >= 11 is 0. The lowest BCUT2D eigenvalue weighted by Gasteiger charge is -2.31. The van der Waals surface area contributed by atoms with Crippen molar-refractivity contribution in [3.63, 3.8) is 0 Å². The van der Waals surface area contributed by atoms with E-state index in [1.807, 2.05) is 46.0 Å². The molecule has 1 aliphatic rings. The molecule has 2 heterocycles. The lowest BCUT2D eigenvalue weighted by molar-refractivity contribution is 0.0205. The molecule has 0 bridgehead atoms. The van der Waals surface area contributed by atoms with Crippen LogP contribution in [0.25, 0.3) is 0 Å². The molecule has 1 amide bonds. The minimum absolute atomic E-state index is 0.0462. The zero-order chi connectivity index (χ0) is 15.6. The van der Waals surface area contributed by atoms with Gasteiger partial charge in [-0.3, -0.25) is 4.98 Å². The Morgan fingerprint density at radius 2 is 2.19 bits per heavy atom. The summed E-state index contributed by atoms with van der Waals surface area (Å²) in [4.78, 5) is 18.4. The zero-order valence-electron chi connectivity index (χ0n) is 13.3. The Labute approximate surface area is 126 Å². The first-order chi connectivity index (χ1) is 9.78. The fraction of sp³-hybridized carbons (Fsp3) is 0.625. The van der Waals surface area contributed by atoms with E-state index in [0.29, 0.717) is 6.54 Å². The molecule has 116 valence electrons. The molecule has 5 nitrogen and oxygen atoms in total. The van der Waals surface area contributed by atoms with Crippen molar-refractivity contribution in [3.8, 4) is 0 Å². The van der Waals surface area contributed by atoms with Crippen LogP contribution in [-0.2, 0) is 4.74 Å². The molecule has 1 aliphatic heterocycles. The Morgan fingerprint density at radius 3 is 2.76 bits per heavy atom. The summed E-state index contributed by atoms with van der Waals surface area (Å²) in [5.74, 6) is 0.